The molecule has 4 rings (SSSR count). The van der Waals surface area contributed by atoms with E-state index in [4.69, 9.17) is 4.99 Å². The maximum Gasteiger partial charge on any atom is 0.170 e. The largest absolute Gasteiger partial charge is 0.378 e. The lowest BCUT2D eigenvalue weighted by Gasteiger charge is -2.26. The number of aliphatic imine (C=N–C) groups is 1. The molecule has 0 bridgehead atoms. The maximum absolute atomic E-state index is 15.0. The molecule has 1 atom stereocenters. The highest BCUT2D eigenvalue weighted by molar-refractivity contribution is 7.79. The van der Waals surface area contributed by atoms with Crippen LogP contribution < -0.4 is 15.5 Å². The Kier molecular flexibility index (Phi) is 6.68. The van der Waals surface area contributed by atoms with E-state index in [0.717, 1.165) is 27.4 Å². The van der Waals surface area contributed by atoms with Crippen LogP contribution in [0.2, 0.25) is 0 Å². The van der Waals surface area contributed by atoms with Gasteiger partial charge < -0.3 is 9.46 Å². The Balaban J connectivity index is 1.85. The fraction of sp³-hybridized carbons (Fsp3) is 0.107. The molecule has 0 spiro atoms. The van der Waals surface area contributed by atoms with Crippen LogP contribution in [0.25, 0.3) is 0 Å². The zero-order chi connectivity index (χ0) is 22.4. The van der Waals surface area contributed by atoms with E-state index in [-0.39, 0.29) is 0 Å². The molecule has 0 aromatic heterocycles. The van der Waals surface area contributed by atoms with Crippen molar-refractivity contribution in [2.24, 2.45) is 4.99 Å². The molecule has 0 N–H and O–H groups in total. The third-order valence-corrected chi connectivity index (χ3v) is 8.75. The van der Waals surface area contributed by atoms with Gasteiger partial charge in [0.2, 0.25) is 0 Å². The van der Waals surface area contributed by atoms with Gasteiger partial charge in [0.1, 0.15) is 5.78 Å². The Morgan fingerprint density at radius 1 is 0.688 bits per heavy atom. The second-order valence-corrected chi connectivity index (χ2v) is 10.7. The van der Waals surface area contributed by atoms with Gasteiger partial charge in [-0.1, -0.05) is 103 Å². The minimum Gasteiger partial charge on any atom is -0.378 e. The zero-order valence-corrected chi connectivity index (χ0v) is 19.3. The van der Waals surface area contributed by atoms with Crippen molar-refractivity contribution in [3.8, 4) is 0 Å². The van der Waals surface area contributed by atoms with Crippen LogP contribution in [-0.4, -0.2) is 20.3 Å². The minimum atomic E-state index is -3.12. The molecule has 32 heavy (non-hydrogen) atoms. The van der Waals surface area contributed by atoms with E-state index in [0.29, 0.717) is 0 Å². The zero-order valence-electron chi connectivity index (χ0n) is 18.4. The van der Waals surface area contributed by atoms with Crippen molar-refractivity contribution < 1.29 is 4.57 Å². The first-order valence-electron chi connectivity index (χ1n) is 10.7. The average Bonchev–Trinajstić information content (AvgIpc) is 2.86. The van der Waals surface area contributed by atoms with Crippen molar-refractivity contribution in [2.45, 2.75) is 5.78 Å². The maximum atomic E-state index is 15.0. The van der Waals surface area contributed by atoms with Crippen LogP contribution >= 0.6 is 7.14 Å². The Morgan fingerprint density at radius 3 is 1.62 bits per heavy atom. The molecule has 0 aliphatic carbocycles. The number of rotatable bonds is 7. The van der Waals surface area contributed by atoms with Gasteiger partial charge in [0.15, 0.2) is 7.14 Å². The van der Waals surface area contributed by atoms with Gasteiger partial charge in [-0.3, -0.25) is 4.99 Å². The fourth-order valence-corrected chi connectivity index (χ4v) is 6.70. The summed E-state index contributed by atoms with van der Waals surface area (Å²) in [5.41, 5.74) is 3.04. The summed E-state index contributed by atoms with van der Waals surface area (Å²) in [5.74, 6) is -0.526. The molecule has 0 fully saturated rings. The van der Waals surface area contributed by atoms with E-state index >= 15 is 0 Å². The van der Waals surface area contributed by atoms with Crippen molar-refractivity contribution >= 4 is 29.7 Å². The van der Waals surface area contributed by atoms with Crippen LogP contribution in [0.3, 0.4) is 0 Å². The molecular formula is C28H27N2OP. The van der Waals surface area contributed by atoms with Crippen molar-refractivity contribution in [3.63, 3.8) is 0 Å². The summed E-state index contributed by atoms with van der Waals surface area (Å²) < 4.78 is 15.0. The van der Waals surface area contributed by atoms with Gasteiger partial charge in [0.05, 0.1) is 0 Å². The fourth-order valence-electron chi connectivity index (χ4n) is 3.76. The average molecular weight is 439 g/mol. The van der Waals surface area contributed by atoms with Crippen LogP contribution in [0.15, 0.2) is 120 Å². The van der Waals surface area contributed by atoms with Gasteiger partial charge in [-0.15, -0.1) is 0 Å². The van der Waals surface area contributed by atoms with Crippen LogP contribution in [0, 0.1) is 0 Å². The molecule has 0 amide bonds. The molecular weight excluding hydrogens is 411 g/mol. The predicted molar refractivity (Wildman–Crippen MR) is 137 cm³/mol. The minimum absolute atomic E-state index is 0.526. The Hall–Kier alpha value is -3.42. The number of hydrogen-bond donors (Lipinski definition) is 0. The highest BCUT2D eigenvalue weighted by atomic mass is 31.2. The molecule has 160 valence electrons. The van der Waals surface area contributed by atoms with E-state index in [1.807, 2.05) is 123 Å². The third kappa shape index (κ3) is 4.59. The molecule has 1 unspecified atom stereocenters. The second-order valence-electron chi connectivity index (χ2n) is 7.88. The van der Waals surface area contributed by atoms with Crippen LogP contribution in [0.4, 0.5) is 5.69 Å². The standard InChI is InChI=1S/C28H27N2OP/c1-30(2)25-20-18-23(19-21-25)22-29-28(24-12-6-3-7-13-24)32(31,26-14-8-4-9-15-26)27-16-10-5-11-17-27/h3-22,28H,1-2H3. The number of nitrogens with zero attached hydrogens (tertiary/aromatic N) is 2. The molecule has 0 aliphatic rings. The summed E-state index contributed by atoms with van der Waals surface area (Å²) in [6.07, 6.45) is 1.84. The lowest BCUT2D eigenvalue weighted by Crippen LogP contribution is -2.20. The summed E-state index contributed by atoms with van der Waals surface area (Å²) >= 11 is 0. The molecule has 0 radical (unpaired) electrons. The summed E-state index contributed by atoms with van der Waals surface area (Å²) in [6.45, 7) is 0. The summed E-state index contributed by atoms with van der Waals surface area (Å²) in [4.78, 5) is 7.02. The van der Waals surface area contributed by atoms with Gasteiger partial charge in [-0.05, 0) is 23.3 Å². The second kappa shape index (κ2) is 9.80. The summed E-state index contributed by atoms with van der Waals surface area (Å²) in [7, 11) is 0.912. The molecule has 4 aromatic carbocycles. The number of anilines is 1. The highest BCUT2D eigenvalue weighted by Gasteiger charge is 2.37. The monoisotopic (exact) mass is 438 g/mol. The topological polar surface area (TPSA) is 32.7 Å². The first-order valence-corrected chi connectivity index (χ1v) is 12.4. The van der Waals surface area contributed by atoms with Gasteiger partial charge in [0, 0.05) is 36.6 Å². The molecule has 3 nitrogen and oxygen atoms in total. The molecule has 0 saturated carbocycles. The van der Waals surface area contributed by atoms with Crippen molar-refractivity contribution in [3.05, 3.63) is 126 Å². The molecule has 0 heterocycles. The van der Waals surface area contributed by atoms with Crippen LogP contribution in [-0.2, 0) is 4.57 Å². The predicted octanol–water partition coefficient (Wildman–Crippen LogP) is 5.88. The van der Waals surface area contributed by atoms with Crippen molar-refractivity contribution in [2.75, 3.05) is 19.0 Å². The molecule has 0 saturated heterocycles. The van der Waals surface area contributed by atoms with Crippen LogP contribution in [0.1, 0.15) is 16.9 Å². The van der Waals surface area contributed by atoms with Crippen LogP contribution in [0.5, 0.6) is 0 Å². The molecule has 4 aromatic rings. The van der Waals surface area contributed by atoms with E-state index in [2.05, 4.69) is 17.0 Å². The lowest BCUT2D eigenvalue weighted by molar-refractivity contribution is 0.579. The smallest absolute Gasteiger partial charge is 0.170 e. The quantitative estimate of drug-likeness (QED) is 0.266. The van der Waals surface area contributed by atoms with E-state index < -0.39 is 12.9 Å². The molecule has 0 aliphatic heterocycles. The first-order chi connectivity index (χ1) is 15.6. The third-order valence-electron chi connectivity index (χ3n) is 5.50. The lowest BCUT2D eigenvalue weighted by atomic mass is 10.2. The van der Waals surface area contributed by atoms with Crippen molar-refractivity contribution in [1.29, 1.82) is 0 Å². The number of benzene rings is 4. The normalized spacial score (nSPS) is 12.6. The Labute approximate surface area is 190 Å². The van der Waals surface area contributed by atoms with Crippen molar-refractivity contribution in [1.82, 2.24) is 0 Å². The van der Waals surface area contributed by atoms with Gasteiger partial charge in [-0.25, -0.2) is 0 Å². The van der Waals surface area contributed by atoms with E-state index in [9.17, 15) is 4.57 Å². The van der Waals surface area contributed by atoms with E-state index in [1.165, 1.54) is 0 Å². The van der Waals surface area contributed by atoms with Gasteiger partial charge >= 0.3 is 0 Å². The Morgan fingerprint density at radius 2 is 1.16 bits per heavy atom. The van der Waals surface area contributed by atoms with E-state index in [1.54, 1.807) is 0 Å². The van der Waals surface area contributed by atoms with Gasteiger partial charge in [0.25, 0.3) is 0 Å². The Bertz CT molecular complexity index is 1160. The highest BCUT2D eigenvalue weighted by Crippen LogP contribution is 2.57. The summed E-state index contributed by atoms with van der Waals surface area (Å²) in [5, 5.41) is 1.61. The van der Waals surface area contributed by atoms with Gasteiger partial charge in [-0.2, -0.15) is 0 Å². The number of hydrogen-bond acceptors (Lipinski definition) is 3. The summed E-state index contributed by atoms with van der Waals surface area (Å²) in [6, 6.07) is 37.6. The molecule has 4 heteroatoms. The SMILES string of the molecule is CN(C)c1ccc(C=NC(c2ccccc2)P(=O)(c2ccccc2)c2ccccc2)cc1. The first kappa shape index (κ1) is 21.8.